The number of imide groups is 1. The monoisotopic (exact) mass is 409 g/mol. The van der Waals surface area contributed by atoms with Crippen LogP contribution >= 0.6 is 11.8 Å². The van der Waals surface area contributed by atoms with E-state index >= 15 is 0 Å². The first-order valence-electron chi connectivity index (χ1n) is 9.73. The molecule has 2 heterocycles. The number of rotatable bonds is 5. The molecule has 2 amide bonds. The maximum Gasteiger partial charge on any atom is 0.247 e. The minimum Gasteiger partial charge on any atom is -0.545 e. The van der Waals surface area contributed by atoms with Crippen molar-refractivity contribution < 1.29 is 19.5 Å². The van der Waals surface area contributed by atoms with E-state index in [2.05, 4.69) is 4.90 Å². The number of anilines is 2. The fourth-order valence-corrected chi connectivity index (χ4v) is 5.00. The van der Waals surface area contributed by atoms with Gasteiger partial charge >= 0.3 is 0 Å². The van der Waals surface area contributed by atoms with Crippen LogP contribution in [0.3, 0.4) is 0 Å². The van der Waals surface area contributed by atoms with Crippen molar-refractivity contribution >= 4 is 40.9 Å². The van der Waals surface area contributed by atoms with Crippen LogP contribution in [0.5, 0.6) is 0 Å². The smallest absolute Gasteiger partial charge is 0.247 e. The van der Waals surface area contributed by atoms with Gasteiger partial charge in [0.2, 0.25) is 11.8 Å². The molecule has 2 aromatic carbocycles. The highest BCUT2D eigenvalue weighted by atomic mass is 32.2. The molecule has 0 aliphatic carbocycles. The number of piperidine rings is 1. The van der Waals surface area contributed by atoms with Crippen LogP contribution in [0.4, 0.5) is 11.4 Å². The van der Waals surface area contributed by atoms with Gasteiger partial charge in [-0.25, -0.2) is 4.90 Å². The number of thioether (sulfide) groups is 1. The molecule has 0 saturated carbocycles. The van der Waals surface area contributed by atoms with Crippen molar-refractivity contribution in [1.82, 2.24) is 0 Å². The van der Waals surface area contributed by atoms with Gasteiger partial charge in [0.1, 0.15) is 0 Å². The highest BCUT2D eigenvalue weighted by Crippen LogP contribution is 2.36. The zero-order chi connectivity index (χ0) is 20.4. The van der Waals surface area contributed by atoms with Crippen LogP contribution in [0.2, 0.25) is 0 Å². The topological polar surface area (TPSA) is 80.8 Å². The molecule has 2 aromatic rings. The molecular weight excluding hydrogens is 388 g/mol. The summed E-state index contributed by atoms with van der Waals surface area (Å²) in [7, 11) is 0. The maximum absolute atomic E-state index is 12.9. The summed E-state index contributed by atoms with van der Waals surface area (Å²) in [5.41, 5.74) is 1.68. The van der Waals surface area contributed by atoms with Gasteiger partial charge in [-0.3, -0.25) is 9.59 Å². The molecule has 2 aliphatic rings. The van der Waals surface area contributed by atoms with Crippen LogP contribution in [0, 0.1) is 0 Å². The fourth-order valence-electron chi connectivity index (χ4n) is 3.82. The predicted molar refractivity (Wildman–Crippen MR) is 110 cm³/mol. The quantitative estimate of drug-likeness (QED) is 0.706. The Morgan fingerprint density at radius 2 is 1.59 bits per heavy atom. The Morgan fingerprint density at radius 1 is 0.931 bits per heavy atom. The summed E-state index contributed by atoms with van der Waals surface area (Å²) < 4.78 is 0. The number of hydrogen-bond donors (Lipinski definition) is 0. The van der Waals surface area contributed by atoms with Gasteiger partial charge in [-0.2, -0.15) is 0 Å². The summed E-state index contributed by atoms with van der Waals surface area (Å²) in [6, 6.07) is 13.9. The molecule has 6 nitrogen and oxygen atoms in total. The van der Waals surface area contributed by atoms with Crippen LogP contribution < -0.4 is 14.9 Å². The molecule has 7 heteroatoms. The van der Waals surface area contributed by atoms with Crippen LogP contribution in [0.25, 0.3) is 0 Å². The Bertz CT molecular complexity index is 938. The van der Waals surface area contributed by atoms with Crippen molar-refractivity contribution in [2.24, 2.45) is 0 Å². The number of carboxylic acids is 1. The molecule has 4 rings (SSSR count). The largest absolute Gasteiger partial charge is 0.545 e. The number of benzene rings is 2. The fraction of sp³-hybridized carbons (Fsp3) is 0.318. The number of carboxylic acid groups (broad SMARTS) is 1. The lowest BCUT2D eigenvalue weighted by Gasteiger charge is -2.29. The minimum absolute atomic E-state index is 0.0297. The standard InChI is InChI=1S/C22H22N2O4S/c25-20-14-19(29-18-7-3-2-6-17(18)22(27)28)21(26)24(20)16-10-8-15(9-11-16)23-12-4-1-5-13-23/h2-3,6-11,19H,1,4-5,12-14H2,(H,27,28)/p-1. The number of carbonyl (C=O) groups is 3. The van der Waals surface area contributed by atoms with E-state index in [9.17, 15) is 19.5 Å². The molecule has 0 spiro atoms. The molecule has 150 valence electrons. The Hall–Kier alpha value is -2.80. The van der Waals surface area contributed by atoms with Gasteiger partial charge in [0, 0.05) is 35.7 Å². The SMILES string of the molecule is O=C([O-])c1ccccc1SC1CC(=O)N(c2ccc(N3CCCCC3)cc2)C1=O. The Kier molecular flexibility index (Phi) is 5.58. The Morgan fingerprint density at radius 3 is 2.28 bits per heavy atom. The van der Waals surface area contributed by atoms with Crippen molar-refractivity contribution in [2.45, 2.75) is 35.8 Å². The number of hydrogen-bond acceptors (Lipinski definition) is 6. The second kappa shape index (κ2) is 8.29. The van der Waals surface area contributed by atoms with Crippen LogP contribution in [-0.4, -0.2) is 36.1 Å². The molecule has 2 fully saturated rings. The van der Waals surface area contributed by atoms with Gasteiger partial charge in [-0.15, -0.1) is 11.8 Å². The molecule has 0 aromatic heterocycles. The van der Waals surface area contributed by atoms with Gasteiger partial charge < -0.3 is 14.8 Å². The zero-order valence-corrected chi connectivity index (χ0v) is 16.7. The molecule has 0 radical (unpaired) electrons. The molecule has 2 saturated heterocycles. The number of amides is 2. The normalized spacial score (nSPS) is 19.7. The highest BCUT2D eigenvalue weighted by Gasteiger charge is 2.40. The van der Waals surface area contributed by atoms with E-state index in [0.717, 1.165) is 30.5 Å². The van der Waals surface area contributed by atoms with Gasteiger partial charge in [0.15, 0.2) is 0 Å². The van der Waals surface area contributed by atoms with Crippen LogP contribution in [0.15, 0.2) is 53.4 Å². The lowest BCUT2D eigenvalue weighted by molar-refractivity contribution is -0.255. The van der Waals surface area contributed by atoms with Crippen molar-refractivity contribution in [3.8, 4) is 0 Å². The maximum atomic E-state index is 12.9. The van der Waals surface area contributed by atoms with E-state index in [4.69, 9.17) is 0 Å². The Labute approximate surface area is 173 Å². The van der Waals surface area contributed by atoms with Crippen LogP contribution in [-0.2, 0) is 9.59 Å². The first-order chi connectivity index (χ1) is 14.0. The second-order valence-electron chi connectivity index (χ2n) is 7.23. The summed E-state index contributed by atoms with van der Waals surface area (Å²) >= 11 is 1.10. The summed E-state index contributed by atoms with van der Waals surface area (Å²) in [6.45, 7) is 2.05. The van der Waals surface area contributed by atoms with E-state index in [1.807, 2.05) is 24.3 Å². The summed E-state index contributed by atoms with van der Waals surface area (Å²) in [5.74, 6) is -1.89. The third-order valence-corrected chi connectivity index (χ3v) is 6.57. The number of carbonyl (C=O) groups excluding carboxylic acids is 3. The van der Waals surface area contributed by atoms with Crippen LogP contribution in [0.1, 0.15) is 36.0 Å². The third kappa shape index (κ3) is 4.00. The van der Waals surface area contributed by atoms with Gasteiger partial charge in [-0.05, 0) is 49.6 Å². The van der Waals surface area contributed by atoms with E-state index in [1.165, 1.54) is 30.2 Å². The van der Waals surface area contributed by atoms with Crippen molar-refractivity contribution in [2.75, 3.05) is 22.9 Å². The van der Waals surface area contributed by atoms with Crippen molar-refractivity contribution in [3.05, 3.63) is 54.1 Å². The molecule has 29 heavy (non-hydrogen) atoms. The van der Waals surface area contributed by atoms with E-state index in [0.29, 0.717) is 10.6 Å². The molecule has 2 aliphatic heterocycles. The van der Waals surface area contributed by atoms with Crippen molar-refractivity contribution in [3.63, 3.8) is 0 Å². The summed E-state index contributed by atoms with van der Waals surface area (Å²) in [4.78, 5) is 40.7. The van der Waals surface area contributed by atoms with E-state index < -0.39 is 11.2 Å². The van der Waals surface area contributed by atoms with Gasteiger partial charge in [-0.1, -0.05) is 18.2 Å². The predicted octanol–water partition coefficient (Wildman–Crippen LogP) is 2.46. The highest BCUT2D eigenvalue weighted by molar-refractivity contribution is 8.00. The minimum atomic E-state index is -1.30. The third-order valence-electron chi connectivity index (χ3n) is 5.31. The zero-order valence-electron chi connectivity index (χ0n) is 15.9. The summed E-state index contributed by atoms with van der Waals surface area (Å²) in [6.07, 6.45) is 3.65. The van der Waals surface area contributed by atoms with Gasteiger partial charge in [0.25, 0.3) is 0 Å². The van der Waals surface area contributed by atoms with Gasteiger partial charge in [0.05, 0.1) is 16.9 Å². The lowest BCUT2D eigenvalue weighted by atomic mass is 10.1. The second-order valence-corrected chi connectivity index (χ2v) is 8.47. The van der Waals surface area contributed by atoms with E-state index in [-0.39, 0.29) is 23.8 Å². The molecule has 1 atom stereocenters. The summed E-state index contributed by atoms with van der Waals surface area (Å²) in [5, 5.41) is 10.7. The Balaban J connectivity index is 1.50. The molecule has 0 N–H and O–H groups in total. The first-order valence-corrected chi connectivity index (χ1v) is 10.6. The first kappa shape index (κ1) is 19.5. The van der Waals surface area contributed by atoms with Crippen molar-refractivity contribution in [1.29, 1.82) is 0 Å². The number of nitrogens with zero attached hydrogens (tertiary/aromatic N) is 2. The molecule has 1 unspecified atom stereocenters. The average Bonchev–Trinajstić information content (AvgIpc) is 3.02. The average molecular weight is 409 g/mol. The molecular formula is C22H21N2O4S-. The lowest BCUT2D eigenvalue weighted by Crippen LogP contribution is -2.32. The number of aromatic carboxylic acids is 1. The molecule has 0 bridgehead atoms. The van der Waals surface area contributed by atoms with E-state index in [1.54, 1.807) is 18.2 Å².